The molecular formula is C13H17NO3S. The molecule has 0 amide bonds. The Kier molecular flexibility index (Phi) is 3.45. The van der Waals surface area contributed by atoms with E-state index in [1.54, 1.807) is 14.0 Å². The van der Waals surface area contributed by atoms with Crippen LogP contribution in [0.4, 0.5) is 0 Å². The van der Waals surface area contributed by atoms with Crippen LogP contribution in [0.15, 0.2) is 34.7 Å². The van der Waals surface area contributed by atoms with Gasteiger partial charge in [-0.1, -0.05) is 18.2 Å². The molecule has 0 bridgehead atoms. The summed E-state index contributed by atoms with van der Waals surface area (Å²) in [6, 6.07) is 9.18. The average Bonchev–Trinajstić information content (AvgIpc) is 2.71. The largest absolute Gasteiger partial charge is 0.459 e. The monoisotopic (exact) mass is 267 g/mol. The molecule has 5 heteroatoms. The number of benzene rings is 1. The van der Waals surface area contributed by atoms with Gasteiger partial charge < -0.3 is 9.73 Å². The Labute approximate surface area is 107 Å². The molecule has 0 aliphatic carbocycles. The standard InChI is InChI=1S/C13H17NO3S/c1-9(18(3,15)16)13(14-2)12-8-10-6-4-5-7-11(10)17-12/h4-9,13-14H,1-3H3. The van der Waals surface area contributed by atoms with Gasteiger partial charge in [0.05, 0.1) is 11.3 Å². The lowest BCUT2D eigenvalue weighted by Crippen LogP contribution is -2.32. The van der Waals surface area contributed by atoms with E-state index < -0.39 is 15.1 Å². The molecule has 2 aromatic rings. The Balaban J connectivity index is 2.44. The highest BCUT2D eigenvalue weighted by Crippen LogP contribution is 2.27. The first-order valence-corrected chi connectivity index (χ1v) is 7.73. The Morgan fingerprint density at radius 1 is 1.28 bits per heavy atom. The lowest BCUT2D eigenvalue weighted by atomic mass is 10.1. The van der Waals surface area contributed by atoms with Crippen molar-refractivity contribution in [3.63, 3.8) is 0 Å². The van der Waals surface area contributed by atoms with Crippen molar-refractivity contribution in [1.82, 2.24) is 5.32 Å². The SMILES string of the molecule is CNC(c1cc2ccccc2o1)C(C)S(C)(=O)=O. The Morgan fingerprint density at radius 3 is 2.50 bits per heavy atom. The molecule has 1 aromatic heterocycles. The molecule has 0 aliphatic rings. The Hall–Kier alpha value is -1.33. The first-order valence-electron chi connectivity index (χ1n) is 5.78. The highest BCUT2D eigenvalue weighted by atomic mass is 32.2. The molecule has 98 valence electrons. The summed E-state index contributed by atoms with van der Waals surface area (Å²) in [5.74, 6) is 0.650. The Morgan fingerprint density at radius 2 is 1.94 bits per heavy atom. The average molecular weight is 267 g/mol. The normalized spacial score (nSPS) is 15.7. The lowest BCUT2D eigenvalue weighted by Gasteiger charge is -2.19. The predicted molar refractivity (Wildman–Crippen MR) is 72.3 cm³/mol. The van der Waals surface area contributed by atoms with E-state index in [9.17, 15) is 8.42 Å². The van der Waals surface area contributed by atoms with E-state index in [4.69, 9.17) is 4.42 Å². The fraction of sp³-hybridized carbons (Fsp3) is 0.385. The molecule has 1 aromatic carbocycles. The highest BCUT2D eigenvalue weighted by molar-refractivity contribution is 7.91. The molecule has 0 saturated heterocycles. The van der Waals surface area contributed by atoms with E-state index >= 15 is 0 Å². The molecule has 0 radical (unpaired) electrons. The van der Waals surface area contributed by atoms with Gasteiger partial charge in [0.1, 0.15) is 11.3 Å². The predicted octanol–water partition coefficient (Wildman–Crippen LogP) is 2.13. The molecule has 1 N–H and O–H groups in total. The minimum atomic E-state index is -3.12. The molecular weight excluding hydrogens is 250 g/mol. The maximum atomic E-state index is 11.6. The van der Waals surface area contributed by atoms with Crippen molar-refractivity contribution in [3.8, 4) is 0 Å². The second-order valence-corrected chi connectivity index (χ2v) is 6.89. The molecule has 1 heterocycles. The number of furan rings is 1. The summed E-state index contributed by atoms with van der Waals surface area (Å²) in [4.78, 5) is 0. The van der Waals surface area contributed by atoms with E-state index in [0.717, 1.165) is 11.0 Å². The van der Waals surface area contributed by atoms with Crippen LogP contribution in [-0.2, 0) is 9.84 Å². The van der Waals surface area contributed by atoms with Crippen LogP contribution in [0.2, 0.25) is 0 Å². The summed E-state index contributed by atoms with van der Waals surface area (Å²) >= 11 is 0. The quantitative estimate of drug-likeness (QED) is 0.922. The second kappa shape index (κ2) is 4.74. The van der Waals surface area contributed by atoms with E-state index in [1.807, 2.05) is 30.3 Å². The van der Waals surface area contributed by atoms with Crippen LogP contribution in [0.1, 0.15) is 18.7 Å². The van der Waals surface area contributed by atoms with E-state index in [1.165, 1.54) is 6.26 Å². The summed E-state index contributed by atoms with van der Waals surface area (Å²) in [5, 5.41) is 3.45. The smallest absolute Gasteiger partial charge is 0.152 e. The van der Waals surface area contributed by atoms with E-state index in [-0.39, 0.29) is 6.04 Å². The van der Waals surface area contributed by atoms with Crippen molar-refractivity contribution in [2.24, 2.45) is 0 Å². The molecule has 0 aliphatic heterocycles. The first-order chi connectivity index (χ1) is 8.43. The third kappa shape index (κ3) is 2.42. The van der Waals surface area contributed by atoms with Gasteiger partial charge in [0.25, 0.3) is 0 Å². The van der Waals surface area contributed by atoms with Crippen LogP contribution >= 0.6 is 0 Å². The number of sulfone groups is 1. The first kappa shape index (κ1) is 13.1. The maximum Gasteiger partial charge on any atom is 0.152 e. The van der Waals surface area contributed by atoms with Gasteiger partial charge in [-0.05, 0) is 26.1 Å². The topological polar surface area (TPSA) is 59.3 Å². The van der Waals surface area contributed by atoms with Crippen LogP contribution in [0.5, 0.6) is 0 Å². The van der Waals surface area contributed by atoms with Crippen LogP contribution in [0.3, 0.4) is 0 Å². The van der Waals surface area contributed by atoms with E-state index in [0.29, 0.717) is 5.76 Å². The molecule has 0 spiro atoms. The molecule has 0 fully saturated rings. The van der Waals surface area contributed by atoms with Gasteiger partial charge in [-0.2, -0.15) is 0 Å². The minimum Gasteiger partial charge on any atom is -0.459 e. The van der Waals surface area contributed by atoms with Gasteiger partial charge in [0.15, 0.2) is 9.84 Å². The molecule has 0 saturated carbocycles. The zero-order valence-corrected chi connectivity index (χ0v) is 11.5. The summed E-state index contributed by atoms with van der Waals surface area (Å²) in [7, 11) is -1.39. The van der Waals surface area contributed by atoms with Crippen LogP contribution < -0.4 is 5.32 Å². The molecule has 18 heavy (non-hydrogen) atoms. The van der Waals surface area contributed by atoms with Crippen LogP contribution in [0, 0.1) is 0 Å². The fourth-order valence-electron chi connectivity index (χ4n) is 2.01. The number of para-hydroxylation sites is 1. The van der Waals surface area contributed by atoms with Crippen molar-refractivity contribution in [3.05, 3.63) is 36.1 Å². The third-order valence-corrected chi connectivity index (χ3v) is 4.83. The molecule has 2 rings (SSSR count). The number of hydrogen-bond acceptors (Lipinski definition) is 4. The van der Waals surface area contributed by atoms with Crippen molar-refractivity contribution < 1.29 is 12.8 Å². The zero-order valence-electron chi connectivity index (χ0n) is 10.7. The third-order valence-electron chi connectivity index (χ3n) is 3.21. The van der Waals surface area contributed by atoms with Gasteiger partial charge in [-0.15, -0.1) is 0 Å². The van der Waals surface area contributed by atoms with Gasteiger partial charge in [0.2, 0.25) is 0 Å². The highest BCUT2D eigenvalue weighted by Gasteiger charge is 2.28. The summed E-state index contributed by atoms with van der Waals surface area (Å²) < 4.78 is 29.0. The number of fused-ring (bicyclic) bond motifs is 1. The lowest BCUT2D eigenvalue weighted by molar-refractivity contribution is 0.439. The van der Waals surface area contributed by atoms with Crippen molar-refractivity contribution >= 4 is 20.8 Å². The molecule has 2 atom stereocenters. The zero-order chi connectivity index (χ0) is 13.3. The Bertz CT molecular complexity index is 612. The number of nitrogens with one attached hydrogen (secondary N) is 1. The van der Waals surface area contributed by atoms with Crippen molar-refractivity contribution in [2.45, 2.75) is 18.2 Å². The van der Waals surface area contributed by atoms with Gasteiger partial charge in [-0.3, -0.25) is 0 Å². The summed E-state index contributed by atoms with van der Waals surface area (Å²) in [6.45, 7) is 1.68. The fourth-order valence-corrected chi connectivity index (χ4v) is 2.78. The van der Waals surface area contributed by atoms with Crippen LogP contribution in [-0.4, -0.2) is 27.0 Å². The van der Waals surface area contributed by atoms with Crippen molar-refractivity contribution in [2.75, 3.05) is 13.3 Å². The van der Waals surface area contributed by atoms with Gasteiger partial charge in [0, 0.05) is 11.6 Å². The number of hydrogen-bond donors (Lipinski definition) is 1. The summed E-state index contributed by atoms with van der Waals surface area (Å²) in [6.07, 6.45) is 1.24. The van der Waals surface area contributed by atoms with Gasteiger partial charge >= 0.3 is 0 Å². The van der Waals surface area contributed by atoms with Crippen LogP contribution in [0.25, 0.3) is 11.0 Å². The maximum absolute atomic E-state index is 11.6. The molecule has 2 unspecified atom stereocenters. The minimum absolute atomic E-state index is 0.340. The van der Waals surface area contributed by atoms with Crippen molar-refractivity contribution in [1.29, 1.82) is 0 Å². The van der Waals surface area contributed by atoms with E-state index in [2.05, 4.69) is 5.32 Å². The molecule has 4 nitrogen and oxygen atoms in total. The summed E-state index contributed by atoms with van der Waals surface area (Å²) in [5.41, 5.74) is 0.772. The second-order valence-electron chi connectivity index (χ2n) is 4.49. The van der Waals surface area contributed by atoms with Gasteiger partial charge in [-0.25, -0.2) is 8.42 Å². The number of rotatable bonds is 4.